The fraction of sp³-hybridized carbons (Fsp3) is 0.467. The summed E-state index contributed by atoms with van der Waals surface area (Å²) in [5, 5.41) is 0. The van der Waals surface area contributed by atoms with Crippen molar-refractivity contribution in [3.63, 3.8) is 0 Å². The van der Waals surface area contributed by atoms with Gasteiger partial charge in [0.05, 0.1) is 0 Å². The second-order valence-electron chi connectivity index (χ2n) is 5.38. The molecule has 0 heterocycles. The summed E-state index contributed by atoms with van der Waals surface area (Å²) >= 11 is 0. The van der Waals surface area contributed by atoms with Gasteiger partial charge < -0.3 is 12.4 Å². The summed E-state index contributed by atoms with van der Waals surface area (Å²) in [5.74, 6) is 2.34. The molecule has 0 unspecified atom stereocenters. The predicted molar refractivity (Wildman–Crippen MR) is 88.2 cm³/mol. The van der Waals surface area contributed by atoms with E-state index >= 15 is 0 Å². The number of nitrogens with zero attached hydrogens (tertiary/aromatic N) is 3. The molecule has 0 bridgehead atoms. The van der Waals surface area contributed by atoms with Gasteiger partial charge in [0.2, 0.25) is 0 Å². The number of hydrogen-bond acceptors (Lipinski definition) is 3. The third-order valence-electron chi connectivity index (χ3n) is 3.31. The Kier molecular flexibility index (Phi) is 7.93. The maximum absolute atomic E-state index is 2.34. The quantitative estimate of drug-likeness (QED) is 0.729. The van der Waals surface area contributed by atoms with Crippen LogP contribution in [0.3, 0.4) is 0 Å². The van der Waals surface area contributed by atoms with Crippen LogP contribution >= 0.6 is 7.71 Å². The molecule has 3 nitrogen and oxygen atoms in total. The lowest BCUT2D eigenvalue weighted by Gasteiger charge is -2.37. The van der Waals surface area contributed by atoms with Crippen molar-refractivity contribution >= 4 is 13.8 Å². The zero-order valence-electron chi connectivity index (χ0n) is 13.6. The smallest absolute Gasteiger partial charge is 0.253 e. The Morgan fingerprint density at radius 1 is 0.800 bits per heavy atom. The van der Waals surface area contributed by atoms with Gasteiger partial charge in [-0.3, -0.25) is 0 Å². The molecular formula is C15H27ClN3P. The first-order valence-electron chi connectivity index (χ1n) is 6.48. The summed E-state index contributed by atoms with van der Waals surface area (Å²) in [5.41, 5.74) is 2.55. The Hall–Kier alpha value is -0.440. The van der Waals surface area contributed by atoms with Gasteiger partial charge in [-0.1, -0.05) is 29.8 Å². The van der Waals surface area contributed by atoms with Gasteiger partial charge in [-0.05, 0) is 18.6 Å². The average Bonchev–Trinajstić information content (AvgIpc) is 2.30. The van der Waals surface area contributed by atoms with E-state index in [9.17, 15) is 0 Å². The van der Waals surface area contributed by atoms with E-state index in [4.69, 9.17) is 0 Å². The van der Waals surface area contributed by atoms with Crippen molar-refractivity contribution in [3.8, 4) is 0 Å². The fourth-order valence-corrected chi connectivity index (χ4v) is 5.66. The highest BCUT2D eigenvalue weighted by atomic mass is 35.5. The van der Waals surface area contributed by atoms with E-state index in [1.54, 1.807) is 0 Å². The largest absolute Gasteiger partial charge is 1.00 e. The van der Waals surface area contributed by atoms with Crippen LogP contribution in [0.25, 0.3) is 6.08 Å². The monoisotopic (exact) mass is 315 g/mol. The van der Waals surface area contributed by atoms with Crippen molar-refractivity contribution in [2.24, 2.45) is 0 Å². The molecule has 0 spiro atoms. The molecule has 0 aliphatic heterocycles. The van der Waals surface area contributed by atoms with E-state index in [-0.39, 0.29) is 12.4 Å². The molecule has 0 N–H and O–H groups in total. The summed E-state index contributed by atoms with van der Waals surface area (Å²) < 4.78 is 6.95. The van der Waals surface area contributed by atoms with Gasteiger partial charge in [-0.15, -0.1) is 0 Å². The van der Waals surface area contributed by atoms with Gasteiger partial charge in [-0.2, -0.15) is 14.0 Å². The minimum absolute atomic E-state index is 0. The topological polar surface area (TPSA) is 9.72 Å². The Balaban J connectivity index is 0.00000361. The van der Waals surface area contributed by atoms with Gasteiger partial charge in [0, 0.05) is 42.3 Å². The van der Waals surface area contributed by atoms with E-state index in [0.29, 0.717) is 0 Å². The Bertz CT molecular complexity index is 405. The van der Waals surface area contributed by atoms with Crippen molar-refractivity contribution in [1.29, 1.82) is 0 Å². The Morgan fingerprint density at radius 3 is 1.55 bits per heavy atom. The van der Waals surface area contributed by atoms with Gasteiger partial charge in [0.25, 0.3) is 7.71 Å². The van der Waals surface area contributed by atoms with E-state index < -0.39 is 7.71 Å². The SMILES string of the molecule is Cc1ccc(/C=C\[P+](N(C)C)(N(C)C)N(C)C)cc1.[Cl-]. The lowest BCUT2D eigenvalue weighted by Crippen LogP contribution is -3.00. The third kappa shape index (κ3) is 4.28. The minimum atomic E-state index is -1.57. The Labute approximate surface area is 131 Å². The number of aryl methyl sites for hydroxylation is 1. The lowest BCUT2D eigenvalue weighted by molar-refractivity contribution is -0.00000424. The summed E-state index contributed by atoms with van der Waals surface area (Å²) in [4.78, 5) is 0. The molecule has 1 rings (SSSR count). The van der Waals surface area contributed by atoms with Crippen molar-refractivity contribution in [2.75, 3.05) is 42.3 Å². The molecule has 0 aromatic heterocycles. The molecule has 0 saturated carbocycles. The highest BCUT2D eigenvalue weighted by Gasteiger charge is 2.45. The lowest BCUT2D eigenvalue weighted by atomic mass is 10.2. The number of halogens is 1. The average molecular weight is 316 g/mol. The van der Waals surface area contributed by atoms with Gasteiger partial charge in [-0.25, -0.2) is 0 Å². The highest BCUT2D eigenvalue weighted by molar-refractivity contribution is 7.72. The van der Waals surface area contributed by atoms with E-state index in [1.165, 1.54) is 11.1 Å². The molecule has 0 atom stereocenters. The van der Waals surface area contributed by atoms with Crippen LogP contribution in [-0.4, -0.2) is 56.3 Å². The van der Waals surface area contributed by atoms with Crippen LogP contribution in [0.2, 0.25) is 0 Å². The normalized spacial score (nSPS) is 12.5. The second kappa shape index (κ2) is 8.11. The van der Waals surface area contributed by atoms with E-state index in [2.05, 4.69) is 99.4 Å². The summed E-state index contributed by atoms with van der Waals surface area (Å²) in [6.45, 7) is 2.12. The first-order chi connectivity index (χ1) is 8.80. The van der Waals surface area contributed by atoms with Crippen LogP contribution in [0.4, 0.5) is 0 Å². The number of benzene rings is 1. The molecule has 0 radical (unpaired) electrons. The standard InChI is InChI=1S/C15H27N3P.ClH/c1-14-8-10-15(11-9-14)12-13-19(16(2)3,17(4)5)18(6)7;/h8-13H,1-7H3;1H/q+1;/p-1/b13-12-;. The van der Waals surface area contributed by atoms with Crippen molar-refractivity contribution in [3.05, 3.63) is 41.2 Å². The van der Waals surface area contributed by atoms with Crippen LogP contribution in [0, 0.1) is 6.92 Å². The molecule has 0 saturated heterocycles. The molecule has 0 amide bonds. The maximum atomic E-state index is 2.34. The van der Waals surface area contributed by atoms with E-state index in [1.807, 2.05) is 0 Å². The first-order valence-corrected chi connectivity index (χ1v) is 8.20. The van der Waals surface area contributed by atoms with Crippen LogP contribution in [0.1, 0.15) is 11.1 Å². The summed E-state index contributed by atoms with van der Waals surface area (Å²) in [7, 11) is 11.3. The maximum Gasteiger partial charge on any atom is 0.253 e. The summed E-state index contributed by atoms with van der Waals surface area (Å²) in [6, 6.07) is 8.64. The van der Waals surface area contributed by atoms with Crippen LogP contribution in [0.5, 0.6) is 0 Å². The highest BCUT2D eigenvalue weighted by Crippen LogP contribution is 2.65. The molecule has 1 aromatic carbocycles. The minimum Gasteiger partial charge on any atom is -1.00 e. The number of rotatable bonds is 5. The zero-order chi connectivity index (χ0) is 14.6. The van der Waals surface area contributed by atoms with E-state index in [0.717, 1.165) is 0 Å². The number of hydrogen-bond donors (Lipinski definition) is 0. The molecule has 0 aliphatic rings. The first kappa shape index (κ1) is 19.6. The van der Waals surface area contributed by atoms with Crippen molar-refractivity contribution in [1.82, 2.24) is 14.0 Å². The van der Waals surface area contributed by atoms with Crippen LogP contribution in [-0.2, 0) is 0 Å². The third-order valence-corrected chi connectivity index (χ3v) is 7.39. The van der Waals surface area contributed by atoms with Crippen LogP contribution < -0.4 is 12.4 Å². The van der Waals surface area contributed by atoms with Gasteiger partial charge >= 0.3 is 0 Å². The molecular weight excluding hydrogens is 289 g/mol. The summed E-state index contributed by atoms with van der Waals surface area (Å²) in [6.07, 6.45) is 2.23. The van der Waals surface area contributed by atoms with Crippen molar-refractivity contribution < 1.29 is 12.4 Å². The molecule has 0 fully saturated rings. The molecule has 114 valence electrons. The zero-order valence-corrected chi connectivity index (χ0v) is 15.3. The molecule has 20 heavy (non-hydrogen) atoms. The fourth-order valence-electron chi connectivity index (χ4n) is 2.34. The molecule has 1 aromatic rings. The van der Waals surface area contributed by atoms with Gasteiger partial charge in [0.1, 0.15) is 5.82 Å². The Morgan fingerprint density at radius 2 is 1.20 bits per heavy atom. The molecule has 0 aliphatic carbocycles. The second-order valence-corrected chi connectivity index (χ2v) is 9.31. The van der Waals surface area contributed by atoms with Gasteiger partial charge in [0.15, 0.2) is 0 Å². The molecule has 5 heteroatoms. The van der Waals surface area contributed by atoms with Crippen molar-refractivity contribution in [2.45, 2.75) is 6.92 Å². The van der Waals surface area contributed by atoms with Crippen LogP contribution in [0.15, 0.2) is 30.1 Å². The predicted octanol–water partition coefficient (Wildman–Crippen LogP) is 0.417.